The van der Waals surface area contributed by atoms with Crippen LogP contribution in [0.3, 0.4) is 0 Å². The fraction of sp³-hybridized carbons (Fsp3) is 0.0625. The lowest BCUT2D eigenvalue weighted by Gasteiger charge is -2.04. The van der Waals surface area contributed by atoms with Crippen LogP contribution in [0.2, 0.25) is 0 Å². The lowest BCUT2D eigenvalue weighted by atomic mass is 10.0. The Bertz CT molecular complexity index is 865. The minimum absolute atomic E-state index is 0.116. The number of aryl methyl sites for hydroxylation is 1. The number of furan rings is 1. The number of carbonyl (C=O) groups excluding carboxylic acids is 1. The third-order valence-electron chi connectivity index (χ3n) is 3.23. The molecule has 0 saturated carbocycles. The molecule has 0 amide bonds. The number of halogens is 3. The molecule has 3 aromatic rings. The summed E-state index contributed by atoms with van der Waals surface area (Å²) >= 11 is 0. The highest BCUT2D eigenvalue weighted by molar-refractivity contribution is 6.09. The van der Waals surface area contributed by atoms with Gasteiger partial charge in [0.2, 0.25) is 5.78 Å². The molecule has 0 aliphatic heterocycles. The molecule has 21 heavy (non-hydrogen) atoms. The molecule has 0 N–H and O–H groups in total. The smallest absolute Gasteiger partial charge is 0.234 e. The van der Waals surface area contributed by atoms with Crippen LogP contribution < -0.4 is 0 Å². The van der Waals surface area contributed by atoms with Gasteiger partial charge >= 0.3 is 0 Å². The summed E-state index contributed by atoms with van der Waals surface area (Å²) in [6.45, 7) is 1.42. The van der Waals surface area contributed by atoms with Gasteiger partial charge in [0, 0.05) is 5.39 Å². The second-order valence-corrected chi connectivity index (χ2v) is 4.65. The molecule has 2 aromatic carbocycles. The molecule has 0 aliphatic rings. The Morgan fingerprint density at radius 3 is 2.52 bits per heavy atom. The monoisotopic (exact) mass is 290 g/mol. The van der Waals surface area contributed by atoms with Crippen LogP contribution in [-0.4, -0.2) is 5.78 Å². The Kier molecular flexibility index (Phi) is 3.05. The Labute approximate surface area is 117 Å². The first-order valence-corrected chi connectivity index (χ1v) is 6.16. The van der Waals surface area contributed by atoms with Crippen molar-refractivity contribution in [3.63, 3.8) is 0 Å². The average molecular weight is 290 g/mol. The number of para-hydroxylation sites is 1. The highest BCUT2D eigenvalue weighted by Crippen LogP contribution is 2.26. The van der Waals surface area contributed by atoms with Gasteiger partial charge in [-0.25, -0.2) is 13.2 Å². The molecule has 1 heterocycles. The molecule has 0 spiro atoms. The van der Waals surface area contributed by atoms with E-state index in [0.29, 0.717) is 5.39 Å². The summed E-state index contributed by atoms with van der Waals surface area (Å²) in [6, 6.07) is 7.68. The van der Waals surface area contributed by atoms with E-state index in [9.17, 15) is 18.0 Å². The molecule has 3 rings (SSSR count). The minimum atomic E-state index is -0.982. The predicted octanol–water partition coefficient (Wildman–Crippen LogP) is 4.39. The number of fused-ring (bicyclic) bond motifs is 1. The number of hydrogen-bond acceptors (Lipinski definition) is 2. The van der Waals surface area contributed by atoms with E-state index in [1.54, 1.807) is 6.07 Å². The van der Waals surface area contributed by atoms with Gasteiger partial charge in [0.05, 0.1) is 5.56 Å². The van der Waals surface area contributed by atoms with Crippen molar-refractivity contribution in [2.24, 2.45) is 0 Å². The first-order chi connectivity index (χ1) is 9.99. The third kappa shape index (κ3) is 2.11. The maximum atomic E-state index is 14.0. The van der Waals surface area contributed by atoms with E-state index in [1.807, 2.05) is 0 Å². The zero-order chi connectivity index (χ0) is 15.1. The summed E-state index contributed by atoms with van der Waals surface area (Å²) in [7, 11) is 0. The van der Waals surface area contributed by atoms with Crippen LogP contribution in [0.15, 0.2) is 40.8 Å². The van der Waals surface area contributed by atoms with Crippen LogP contribution >= 0.6 is 0 Å². The van der Waals surface area contributed by atoms with Gasteiger partial charge in [-0.3, -0.25) is 4.79 Å². The van der Waals surface area contributed by atoms with Crippen molar-refractivity contribution >= 4 is 16.8 Å². The van der Waals surface area contributed by atoms with Crippen LogP contribution in [0, 0.1) is 24.4 Å². The number of rotatable bonds is 2. The molecule has 2 nitrogen and oxygen atoms in total. The van der Waals surface area contributed by atoms with E-state index < -0.39 is 28.8 Å². The van der Waals surface area contributed by atoms with Crippen molar-refractivity contribution in [1.29, 1.82) is 0 Å². The molecule has 0 unspecified atom stereocenters. The molecule has 0 bridgehead atoms. The number of carbonyl (C=O) groups is 1. The third-order valence-corrected chi connectivity index (χ3v) is 3.23. The largest absolute Gasteiger partial charge is 0.449 e. The van der Waals surface area contributed by atoms with E-state index in [0.717, 1.165) is 6.07 Å². The second kappa shape index (κ2) is 4.77. The van der Waals surface area contributed by atoms with E-state index in [2.05, 4.69) is 0 Å². The Morgan fingerprint density at radius 1 is 1.05 bits per heavy atom. The van der Waals surface area contributed by atoms with E-state index >= 15 is 0 Å². The summed E-state index contributed by atoms with van der Waals surface area (Å²) in [5.74, 6) is -3.83. The van der Waals surface area contributed by atoms with Crippen LogP contribution in [0.4, 0.5) is 13.2 Å². The van der Waals surface area contributed by atoms with Gasteiger partial charge in [0.25, 0.3) is 0 Å². The van der Waals surface area contributed by atoms with Crippen LogP contribution in [0.5, 0.6) is 0 Å². The Morgan fingerprint density at radius 2 is 1.81 bits per heavy atom. The van der Waals surface area contributed by atoms with Crippen LogP contribution in [-0.2, 0) is 0 Å². The summed E-state index contributed by atoms with van der Waals surface area (Å²) in [4.78, 5) is 12.2. The zero-order valence-corrected chi connectivity index (χ0v) is 10.9. The maximum Gasteiger partial charge on any atom is 0.234 e. The summed E-state index contributed by atoms with van der Waals surface area (Å²) in [5.41, 5.74) is -0.675. The molecule has 0 saturated heterocycles. The van der Waals surface area contributed by atoms with E-state index in [-0.39, 0.29) is 16.9 Å². The molecule has 1 aromatic heterocycles. The lowest BCUT2D eigenvalue weighted by Crippen LogP contribution is -2.07. The van der Waals surface area contributed by atoms with E-state index in [1.165, 1.54) is 31.2 Å². The molecular formula is C16H9F3O2. The summed E-state index contributed by atoms with van der Waals surface area (Å²) in [5, 5.41) is 0.354. The average Bonchev–Trinajstić information content (AvgIpc) is 2.89. The Hall–Kier alpha value is -2.56. The van der Waals surface area contributed by atoms with Crippen molar-refractivity contribution in [2.45, 2.75) is 6.92 Å². The van der Waals surface area contributed by atoms with Gasteiger partial charge in [-0.15, -0.1) is 0 Å². The van der Waals surface area contributed by atoms with Gasteiger partial charge in [0.15, 0.2) is 17.2 Å². The highest BCUT2D eigenvalue weighted by Gasteiger charge is 2.24. The van der Waals surface area contributed by atoms with Crippen molar-refractivity contribution in [2.75, 3.05) is 0 Å². The molecule has 0 radical (unpaired) electrons. The fourth-order valence-corrected chi connectivity index (χ4v) is 2.13. The SMILES string of the molecule is Cc1ccc(F)c(C(=O)c2cc3cccc(F)c3o2)c1F. The molecule has 0 aliphatic carbocycles. The normalized spacial score (nSPS) is 11.0. The van der Waals surface area contributed by atoms with Crippen LogP contribution in [0.1, 0.15) is 21.7 Å². The first-order valence-electron chi connectivity index (χ1n) is 6.16. The minimum Gasteiger partial charge on any atom is -0.449 e. The van der Waals surface area contributed by atoms with Gasteiger partial charge in [-0.05, 0) is 30.7 Å². The molecule has 0 atom stereocenters. The summed E-state index contributed by atoms with van der Waals surface area (Å²) in [6.07, 6.45) is 0. The summed E-state index contributed by atoms with van der Waals surface area (Å²) < 4.78 is 46.3. The molecule has 5 heteroatoms. The van der Waals surface area contributed by atoms with Crippen LogP contribution in [0.25, 0.3) is 11.0 Å². The lowest BCUT2D eigenvalue weighted by molar-refractivity contribution is 0.100. The topological polar surface area (TPSA) is 30.2 Å². The molecule has 0 fully saturated rings. The first kappa shape index (κ1) is 13.4. The van der Waals surface area contributed by atoms with Gasteiger partial charge in [0.1, 0.15) is 11.6 Å². The standard InChI is InChI=1S/C16H9F3O2/c1-8-5-6-10(17)13(14(8)19)15(20)12-7-9-3-2-4-11(18)16(9)21-12/h2-7H,1H3. The van der Waals surface area contributed by atoms with Gasteiger partial charge < -0.3 is 4.42 Å². The van der Waals surface area contributed by atoms with Gasteiger partial charge in [-0.1, -0.05) is 18.2 Å². The highest BCUT2D eigenvalue weighted by atomic mass is 19.1. The quantitative estimate of drug-likeness (QED) is 0.655. The van der Waals surface area contributed by atoms with Crippen molar-refractivity contribution in [1.82, 2.24) is 0 Å². The number of benzene rings is 2. The zero-order valence-electron chi connectivity index (χ0n) is 10.9. The second-order valence-electron chi connectivity index (χ2n) is 4.65. The fourth-order valence-electron chi connectivity index (χ4n) is 2.13. The molecular weight excluding hydrogens is 281 g/mol. The predicted molar refractivity (Wildman–Crippen MR) is 70.7 cm³/mol. The Balaban J connectivity index is 2.17. The van der Waals surface area contributed by atoms with Gasteiger partial charge in [-0.2, -0.15) is 0 Å². The number of ketones is 1. The molecule has 106 valence electrons. The van der Waals surface area contributed by atoms with E-state index in [4.69, 9.17) is 4.42 Å². The van der Waals surface area contributed by atoms with Crippen molar-refractivity contribution < 1.29 is 22.4 Å². The maximum absolute atomic E-state index is 14.0. The van der Waals surface area contributed by atoms with Crippen molar-refractivity contribution in [3.8, 4) is 0 Å². The van der Waals surface area contributed by atoms with Crippen molar-refractivity contribution in [3.05, 3.63) is 70.7 Å². The number of hydrogen-bond donors (Lipinski definition) is 0.